The van der Waals surface area contributed by atoms with E-state index in [9.17, 15) is 0 Å². The first kappa shape index (κ1) is 12.4. The van der Waals surface area contributed by atoms with Crippen LogP contribution in [0.2, 0.25) is 0 Å². The molecule has 0 N–H and O–H groups in total. The van der Waals surface area contributed by atoms with Crippen molar-refractivity contribution in [3.05, 3.63) is 52.5 Å². The molecule has 0 radical (unpaired) electrons. The predicted octanol–water partition coefficient (Wildman–Crippen LogP) is 5.66. The molecule has 3 rings (SSSR count). The van der Waals surface area contributed by atoms with Crippen LogP contribution in [-0.2, 0) is 6.42 Å². The Morgan fingerprint density at radius 2 is 1.79 bits per heavy atom. The van der Waals surface area contributed by atoms with Gasteiger partial charge in [0.1, 0.15) is 11.2 Å². The lowest BCUT2D eigenvalue weighted by atomic mass is 10.1. The third-order valence-corrected chi connectivity index (χ3v) is 3.90. The number of unbranched alkanes of at least 4 members (excludes halogenated alkanes) is 1. The summed E-state index contributed by atoms with van der Waals surface area (Å²) >= 11 is 5.61. The number of benzene rings is 2. The van der Waals surface area contributed by atoms with Crippen LogP contribution in [0.25, 0.3) is 21.9 Å². The maximum atomic E-state index is 5.92. The van der Waals surface area contributed by atoms with Gasteiger partial charge >= 0.3 is 0 Å². The van der Waals surface area contributed by atoms with Crippen molar-refractivity contribution in [2.75, 3.05) is 0 Å². The molecule has 0 amide bonds. The predicted molar refractivity (Wildman–Crippen MR) is 83.2 cm³/mol. The Labute approximate surface area is 117 Å². The first-order valence-electron chi connectivity index (χ1n) is 6.74. The van der Waals surface area contributed by atoms with Crippen LogP contribution in [-0.4, -0.2) is 0 Å². The van der Waals surface area contributed by atoms with Crippen LogP contribution in [0.4, 0.5) is 0 Å². The highest BCUT2D eigenvalue weighted by atomic mass is 32.1. The SMILES string of the molecule is CCCCc1ccc2oc3ccccc3c(=S)c2c1. The fourth-order valence-electron chi connectivity index (χ4n) is 2.39. The normalized spacial score (nSPS) is 11.2. The third kappa shape index (κ3) is 2.28. The summed E-state index contributed by atoms with van der Waals surface area (Å²) in [5.74, 6) is 0. The van der Waals surface area contributed by atoms with Crippen molar-refractivity contribution in [1.82, 2.24) is 0 Å². The molecule has 0 aliphatic carbocycles. The zero-order valence-electron chi connectivity index (χ0n) is 11.0. The summed E-state index contributed by atoms with van der Waals surface area (Å²) < 4.78 is 6.82. The van der Waals surface area contributed by atoms with Gasteiger partial charge in [0.15, 0.2) is 0 Å². The lowest BCUT2D eigenvalue weighted by molar-refractivity contribution is 0.660. The molecule has 0 unspecified atom stereocenters. The Morgan fingerprint density at radius 1 is 1.00 bits per heavy atom. The molecule has 0 spiro atoms. The molecular weight excluding hydrogens is 252 g/mol. The minimum atomic E-state index is 0.862. The Kier molecular flexibility index (Phi) is 3.34. The molecule has 3 aromatic rings. The van der Waals surface area contributed by atoms with Gasteiger partial charge in [-0.2, -0.15) is 0 Å². The van der Waals surface area contributed by atoms with E-state index >= 15 is 0 Å². The fraction of sp³-hybridized carbons (Fsp3) is 0.235. The molecule has 0 aliphatic rings. The Morgan fingerprint density at radius 3 is 2.63 bits per heavy atom. The van der Waals surface area contributed by atoms with Gasteiger partial charge in [-0.15, -0.1) is 0 Å². The van der Waals surface area contributed by atoms with Crippen LogP contribution in [0, 0.1) is 4.51 Å². The van der Waals surface area contributed by atoms with Crippen molar-refractivity contribution in [3.63, 3.8) is 0 Å². The second-order valence-electron chi connectivity index (χ2n) is 4.86. The maximum absolute atomic E-state index is 5.92. The van der Waals surface area contributed by atoms with E-state index in [1.54, 1.807) is 0 Å². The van der Waals surface area contributed by atoms with E-state index < -0.39 is 0 Å². The first-order chi connectivity index (χ1) is 9.29. The average molecular weight is 268 g/mol. The molecule has 0 fully saturated rings. The van der Waals surface area contributed by atoms with E-state index in [2.05, 4.69) is 19.1 Å². The minimum absolute atomic E-state index is 0.862. The number of fused-ring (bicyclic) bond motifs is 2. The Hall–Kier alpha value is -1.67. The third-order valence-electron chi connectivity index (χ3n) is 3.46. The van der Waals surface area contributed by atoms with Crippen LogP contribution in [0.5, 0.6) is 0 Å². The van der Waals surface area contributed by atoms with Gasteiger partial charge in [0.25, 0.3) is 0 Å². The number of aryl methyl sites for hydroxylation is 1. The smallest absolute Gasteiger partial charge is 0.136 e. The summed E-state index contributed by atoms with van der Waals surface area (Å²) in [5.41, 5.74) is 3.08. The van der Waals surface area contributed by atoms with E-state index in [0.29, 0.717) is 0 Å². The van der Waals surface area contributed by atoms with Gasteiger partial charge in [0.05, 0.1) is 4.51 Å². The molecule has 19 heavy (non-hydrogen) atoms. The monoisotopic (exact) mass is 268 g/mol. The van der Waals surface area contributed by atoms with Crippen LogP contribution in [0.15, 0.2) is 46.9 Å². The van der Waals surface area contributed by atoms with Crippen LogP contribution >= 0.6 is 12.2 Å². The van der Waals surface area contributed by atoms with Crippen LogP contribution in [0.1, 0.15) is 25.3 Å². The molecule has 2 heteroatoms. The maximum Gasteiger partial charge on any atom is 0.136 e. The van der Waals surface area contributed by atoms with Gasteiger partial charge in [0.2, 0.25) is 0 Å². The number of rotatable bonds is 3. The number of hydrogen-bond acceptors (Lipinski definition) is 2. The van der Waals surface area contributed by atoms with Crippen molar-refractivity contribution in [3.8, 4) is 0 Å². The van der Waals surface area contributed by atoms with Gasteiger partial charge in [-0.25, -0.2) is 0 Å². The highest BCUT2D eigenvalue weighted by Crippen LogP contribution is 2.26. The molecule has 1 nitrogen and oxygen atoms in total. The van der Waals surface area contributed by atoms with E-state index in [-0.39, 0.29) is 0 Å². The van der Waals surface area contributed by atoms with Gasteiger partial charge in [-0.05, 0) is 42.7 Å². The lowest BCUT2D eigenvalue weighted by Crippen LogP contribution is -1.86. The van der Waals surface area contributed by atoms with Crippen molar-refractivity contribution in [2.45, 2.75) is 26.2 Å². The summed E-state index contributed by atoms with van der Waals surface area (Å²) in [6.07, 6.45) is 3.53. The first-order valence-corrected chi connectivity index (χ1v) is 7.15. The van der Waals surface area contributed by atoms with E-state index in [4.69, 9.17) is 16.6 Å². The topological polar surface area (TPSA) is 13.1 Å². The van der Waals surface area contributed by atoms with Crippen molar-refractivity contribution < 1.29 is 4.42 Å². The summed E-state index contributed by atoms with van der Waals surface area (Å²) in [4.78, 5) is 0. The van der Waals surface area contributed by atoms with Crippen LogP contribution < -0.4 is 0 Å². The highest BCUT2D eigenvalue weighted by Gasteiger charge is 2.05. The van der Waals surface area contributed by atoms with Crippen molar-refractivity contribution in [1.29, 1.82) is 0 Å². The van der Waals surface area contributed by atoms with E-state index in [1.165, 1.54) is 18.4 Å². The molecule has 0 saturated heterocycles. The molecule has 2 aromatic carbocycles. The number of hydrogen-bond donors (Lipinski definition) is 0. The minimum Gasteiger partial charge on any atom is -0.456 e. The molecule has 0 saturated carbocycles. The molecule has 0 atom stereocenters. The number of para-hydroxylation sites is 1. The molecule has 96 valence electrons. The van der Waals surface area contributed by atoms with E-state index in [0.717, 1.165) is 32.9 Å². The summed E-state index contributed by atoms with van der Waals surface area (Å²) in [7, 11) is 0. The van der Waals surface area contributed by atoms with Gasteiger partial charge in [0, 0.05) is 10.8 Å². The lowest BCUT2D eigenvalue weighted by Gasteiger charge is -2.05. The molecule has 0 bridgehead atoms. The summed E-state index contributed by atoms with van der Waals surface area (Å²) in [6, 6.07) is 14.3. The van der Waals surface area contributed by atoms with Gasteiger partial charge in [-0.3, -0.25) is 0 Å². The van der Waals surface area contributed by atoms with Gasteiger partial charge in [-0.1, -0.05) is 43.8 Å². The fourth-order valence-corrected chi connectivity index (χ4v) is 2.71. The van der Waals surface area contributed by atoms with Gasteiger partial charge < -0.3 is 4.42 Å². The van der Waals surface area contributed by atoms with E-state index in [1.807, 2.05) is 30.3 Å². The second kappa shape index (κ2) is 5.14. The summed E-state index contributed by atoms with van der Waals surface area (Å²) in [6.45, 7) is 2.21. The van der Waals surface area contributed by atoms with Crippen molar-refractivity contribution in [2.24, 2.45) is 0 Å². The highest BCUT2D eigenvalue weighted by molar-refractivity contribution is 7.72. The Balaban J connectivity index is 2.24. The second-order valence-corrected chi connectivity index (χ2v) is 5.27. The zero-order valence-corrected chi connectivity index (χ0v) is 11.8. The average Bonchev–Trinajstić information content (AvgIpc) is 2.46. The molecule has 1 heterocycles. The molecular formula is C17H16OS. The van der Waals surface area contributed by atoms with Crippen molar-refractivity contribution >= 4 is 34.2 Å². The summed E-state index contributed by atoms with van der Waals surface area (Å²) in [5, 5.41) is 2.08. The molecule has 0 aliphatic heterocycles. The quantitative estimate of drug-likeness (QED) is 0.449. The zero-order chi connectivity index (χ0) is 13.2. The largest absolute Gasteiger partial charge is 0.456 e. The molecule has 1 aromatic heterocycles. The Bertz CT molecular complexity index is 786. The van der Waals surface area contributed by atoms with Crippen LogP contribution in [0.3, 0.4) is 0 Å². The standard InChI is InChI=1S/C17H16OS/c1-2-3-6-12-9-10-16-14(11-12)17(19)13-7-4-5-8-15(13)18-16/h4-5,7-11H,2-3,6H2,1H3.